The van der Waals surface area contributed by atoms with Gasteiger partial charge in [0, 0.05) is 24.0 Å². The molecule has 5 aromatic rings. The number of aryl methyl sites for hydroxylation is 1. The molecule has 0 unspecified atom stereocenters. The van der Waals surface area contributed by atoms with E-state index in [2.05, 4.69) is 22.2 Å². The van der Waals surface area contributed by atoms with Crippen molar-refractivity contribution in [3.63, 3.8) is 0 Å². The van der Waals surface area contributed by atoms with Gasteiger partial charge in [-0.2, -0.15) is 0 Å². The van der Waals surface area contributed by atoms with Crippen molar-refractivity contribution in [1.29, 1.82) is 0 Å². The van der Waals surface area contributed by atoms with Gasteiger partial charge in [0.05, 0.1) is 28.6 Å². The number of imidazole rings is 1. The van der Waals surface area contributed by atoms with E-state index in [0.29, 0.717) is 40.2 Å². The van der Waals surface area contributed by atoms with Crippen LogP contribution in [-0.4, -0.2) is 25.9 Å². The molecule has 0 fully saturated rings. The van der Waals surface area contributed by atoms with E-state index in [4.69, 9.17) is 0 Å². The zero-order valence-electron chi connectivity index (χ0n) is 20.7. The third kappa shape index (κ3) is 4.87. The largest absolute Gasteiger partial charge is 0.348 e. The van der Waals surface area contributed by atoms with Crippen molar-refractivity contribution in [2.24, 2.45) is 0 Å². The number of hydrogen-bond donors (Lipinski definition) is 2. The maximum atomic E-state index is 13.7. The summed E-state index contributed by atoms with van der Waals surface area (Å²) in [5.74, 6) is -0.545. The summed E-state index contributed by atoms with van der Waals surface area (Å²) < 4.78 is 3.11. The van der Waals surface area contributed by atoms with Gasteiger partial charge in [-0.05, 0) is 67.1 Å². The van der Waals surface area contributed by atoms with Gasteiger partial charge in [-0.25, -0.2) is 4.79 Å². The number of nitrogens with zero attached hydrogens (tertiary/aromatic N) is 3. The Bertz CT molecular complexity index is 1710. The maximum absolute atomic E-state index is 13.7. The number of aromatic nitrogens is 3. The van der Waals surface area contributed by atoms with Crippen LogP contribution in [0.2, 0.25) is 0 Å². The van der Waals surface area contributed by atoms with E-state index in [1.807, 2.05) is 31.2 Å². The lowest BCUT2D eigenvalue weighted by atomic mass is 10.1. The van der Waals surface area contributed by atoms with Gasteiger partial charge < -0.3 is 10.6 Å². The van der Waals surface area contributed by atoms with Gasteiger partial charge in [-0.3, -0.25) is 23.7 Å². The monoisotopic (exact) mass is 503 g/mol. The molecular weight excluding hydrogens is 478 g/mol. The highest BCUT2D eigenvalue weighted by molar-refractivity contribution is 5.99. The fraction of sp³-hybridized carbons (Fsp3) is 0.0667. The Kier molecular flexibility index (Phi) is 6.69. The molecule has 0 bridgehead atoms. The lowest BCUT2D eigenvalue weighted by Gasteiger charge is -2.08. The number of anilines is 1. The van der Waals surface area contributed by atoms with Crippen LogP contribution < -0.4 is 16.3 Å². The van der Waals surface area contributed by atoms with E-state index in [9.17, 15) is 14.4 Å². The predicted octanol–water partition coefficient (Wildman–Crippen LogP) is 4.54. The van der Waals surface area contributed by atoms with E-state index < -0.39 is 0 Å². The highest BCUT2D eigenvalue weighted by Gasteiger charge is 2.17. The number of carbonyl (C=O) groups excluding carboxylic acids is 2. The Morgan fingerprint density at radius 3 is 2.39 bits per heavy atom. The maximum Gasteiger partial charge on any atom is 0.338 e. The smallest absolute Gasteiger partial charge is 0.338 e. The Hall–Kier alpha value is -5.24. The van der Waals surface area contributed by atoms with Crippen LogP contribution >= 0.6 is 0 Å². The van der Waals surface area contributed by atoms with Crippen LogP contribution in [0.4, 0.5) is 5.69 Å². The molecule has 0 saturated heterocycles. The third-order valence-corrected chi connectivity index (χ3v) is 6.16. The van der Waals surface area contributed by atoms with Crippen molar-refractivity contribution in [1.82, 2.24) is 19.4 Å². The highest BCUT2D eigenvalue weighted by atomic mass is 16.2. The van der Waals surface area contributed by atoms with Crippen LogP contribution in [0.3, 0.4) is 0 Å². The molecule has 38 heavy (non-hydrogen) atoms. The number of nitrogens with one attached hydrogen (secondary N) is 2. The number of fused-ring (bicyclic) bond motifs is 1. The minimum Gasteiger partial charge on any atom is -0.348 e. The van der Waals surface area contributed by atoms with E-state index in [1.54, 1.807) is 76.1 Å². The number of benzene rings is 3. The lowest BCUT2D eigenvalue weighted by Crippen LogP contribution is -2.23. The van der Waals surface area contributed by atoms with Crippen molar-refractivity contribution in [2.45, 2.75) is 13.5 Å². The molecule has 2 N–H and O–H groups in total. The van der Waals surface area contributed by atoms with Crippen molar-refractivity contribution in [3.8, 4) is 11.4 Å². The van der Waals surface area contributed by atoms with Crippen molar-refractivity contribution >= 4 is 28.5 Å². The summed E-state index contributed by atoms with van der Waals surface area (Å²) >= 11 is 0. The van der Waals surface area contributed by atoms with Crippen LogP contribution in [0.15, 0.2) is 109 Å². The fourth-order valence-corrected chi connectivity index (χ4v) is 4.21. The number of pyridine rings is 1. The van der Waals surface area contributed by atoms with Crippen molar-refractivity contribution in [2.75, 3.05) is 5.32 Å². The molecule has 0 atom stereocenters. The summed E-state index contributed by atoms with van der Waals surface area (Å²) in [4.78, 5) is 42.4. The molecular formula is C30H25N5O3. The summed E-state index contributed by atoms with van der Waals surface area (Å²) in [6, 6.07) is 23.6. The molecule has 5 rings (SSSR count). The third-order valence-electron chi connectivity index (χ3n) is 6.16. The molecule has 0 aliphatic carbocycles. The minimum atomic E-state index is -0.343. The second-order valence-electron chi connectivity index (χ2n) is 8.78. The topological polar surface area (TPSA) is 98.0 Å². The molecule has 8 nitrogen and oxygen atoms in total. The molecule has 0 spiro atoms. The van der Waals surface area contributed by atoms with Crippen LogP contribution in [0.1, 0.15) is 21.5 Å². The Balaban J connectivity index is 1.46. The first kappa shape index (κ1) is 24.5. The number of hydrogen-bond acceptors (Lipinski definition) is 4. The lowest BCUT2D eigenvalue weighted by molar-refractivity contribution is -0.111. The van der Waals surface area contributed by atoms with E-state index in [0.717, 1.165) is 11.1 Å². The van der Waals surface area contributed by atoms with Gasteiger partial charge in [-0.1, -0.05) is 42.5 Å². The minimum absolute atomic E-state index is 0.202. The average molecular weight is 504 g/mol. The molecule has 0 radical (unpaired) electrons. The van der Waals surface area contributed by atoms with Crippen LogP contribution in [-0.2, 0) is 11.3 Å². The second-order valence-corrected chi connectivity index (χ2v) is 8.78. The normalized spacial score (nSPS) is 10.8. The highest BCUT2D eigenvalue weighted by Crippen LogP contribution is 2.22. The molecule has 2 aromatic heterocycles. The summed E-state index contributed by atoms with van der Waals surface area (Å²) in [6.07, 6.45) is 4.43. The van der Waals surface area contributed by atoms with E-state index in [1.165, 1.54) is 6.08 Å². The quantitative estimate of drug-likeness (QED) is 0.319. The number of carbonyl (C=O) groups is 2. The van der Waals surface area contributed by atoms with Gasteiger partial charge in [0.1, 0.15) is 0 Å². The Morgan fingerprint density at radius 2 is 1.66 bits per heavy atom. The van der Waals surface area contributed by atoms with Gasteiger partial charge in [0.15, 0.2) is 0 Å². The molecule has 2 heterocycles. The van der Waals surface area contributed by atoms with Gasteiger partial charge in [0.25, 0.3) is 5.91 Å². The van der Waals surface area contributed by atoms with Crippen molar-refractivity contribution < 1.29 is 9.59 Å². The molecule has 0 aliphatic heterocycles. The van der Waals surface area contributed by atoms with Gasteiger partial charge >= 0.3 is 5.69 Å². The summed E-state index contributed by atoms with van der Waals surface area (Å²) in [5.41, 5.74) is 5.33. The first-order valence-electron chi connectivity index (χ1n) is 12.0. The summed E-state index contributed by atoms with van der Waals surface area (Å²) in [7, 11) is 0. The molecule has 2 amide bonds. The Morgan fingerprint density at radius 1 is 0.921 bits per heavy atom. The predicted molar refractivity (Wildman–Crippen MR) is 148 cm³/mol. The first-order chi connectivity index (χ1) is 18.4. The van der Waals surface area contributed by atoms with E-state index in [-0.39, 0.29) is 17.5 Å². The van der Waals surface area contributed by atoms with Gasteiger partial charge in [-0.15, -0.1) is 0 Å². The number of amides is 2. The number of rotatable bonds is 7. The van der Waals surface area contributed by atoms with Crippen LogP contribution in [0.5, 0.6) is 0 Å². The average Bonchev–Trinajstić information content (AvgIpc) is 3.24. The molecule has 3 aromatic carbocycles. The van der Waals surface area contributed by atoms with Crippen molar-refractivity contribution in [3.05, 3.63) is 131 Å². The first-order valence-corrected chi connectivity index (χ1v) is 12.0. The van der Waals surface area contributed by atoms with Crippen LogP contribution in [0, 0.1) is 6.92 Å². The zero-order chi connectivity index (χ0) is 26.6. The fourth-order valence-electron chi connectivity index (χ4n) is 4.21. The standard InChI is InChI=1S/C30H25N5O3/c1-3-28(36)33-23-5-4-6-25(17-23)35-26-15-16-31-19-27(26)34(30(35)38)24-13-11-22(12-14-24)29(37)32-18-21-9-7-20(2)8-10-21/h3-17,19H,1,18H2,2H3,(H,32,37)(H,33,36). The molecule has 0 aliphatic rings. The van der Waals surface area contributed by atoms with Crippen LogP contribution in [0.25, 0.3) is 22.4 Å². The molecule has 188 valence electrons. The SMILES string of the molecule is C=CC(=O)Nc1cccc(-n2c(=O)n(-c3ccc(C(=O)NCc4ccc(C)cc4)cc3)c3cnccc32)c1. The zero-order valence-corrected chi connectivity index (χ0v) is 20.7. The molecule has 0 saturated carbocycles. The second kappa shape index (κ2) is 10.4. The van der Waals surface area contributed by atoms with E-state index >= 15 is 0 Å². The Labute approximate surface area is 218 Å². The summed E-state index contributed by atoms with van der Waals surface area (Å²) in [6.45, 7) is 5.91. The van der Waals surface area contributed by atoms with Gasteiger partial charge in [0.2, 0.25) is 5.91 Å². The molecule has 8 heteroatoms. The summed E-state index contributed by atoms with van der Waals surface area (Å²) in [5, 5.41) is 5.64.